The molecule has 1 aliphatic rings. The number of nitrogens with one attached hydrogen (secondary N) is 2. The molecule has 0 spiro atoms. The fourth-order valence-corrected chi connectivity index (χ4v) is 2.45. The first-order chi connectivity index (χ1) is 9.13. The van der Waals surface area contributed by atoms with Gasteiger partial charge in [0.15, 0.2) is 0 Å². The number of hydrogen-bond donors (Lipinski definition) is 3. The maximum Gasteiger partial charge on any atom is 0.307 e. The molecular weight excluding hydrogens is 246 g/mol. The molecule has 2 atom stereocenters. The van der Waals surface area contributed by atoms with E-state index in [9.17, 15) is 9.59 Å². The monoisotopic (exact) mass is 259 g/mol. The Morgan fingerprint density at radius 3 is 3.00 bits per heavy atom. The molecule has 3 N–H and O–H groups in total. The number of benzene rings is 1. The zero-order valence-electron chi connectivity index (χ0n) is 10.1. The Balaban J connectivity index is 1.92. The van der Waals surface area contributed by atoms with E-state index in [1.54, 1.807) is 6.07 Å². The third-order valence-electron chi connectivity index (χ3n) is 3.48. The Bertz CT molecular complexity index is 695. The summed E-state index contributed by atoms with van der Waals surface area (Å²) in [6.07, 6.45) is 1.82. The minimum atomic E-state index is -0.766. The first-order valence-electron chi connectivity index (χ1n) is 6.08. The van der Waals surface area contributed by atoms with Crippen LogP contribution in [0, 0.1) is 5.92 Å². The first-order valence-corrected chi connectivity index (χ1v) is 6.08. The molecule has 0 radical (unpaired) electrons. The zero-order chi connectivity index (χ0) is 13.4. The average Bonchev–Trinajstić information content (AvgIpc) is 2.88. The molecule has 1 fully saturated rings. The van der Waals surface area contributed by atoms with Gasteiger partial charge in [0, 0.05) is 12.6 Å². The summed E-state index contributed by atoms with van der Waals surface area (Å²) in [6.45, 7) is 0.483. The van der Waals surface area contributed by atoms with Gasteiger partial charge in [-0.25, -0.2) is 4.98 Å². The van der Waals surface area contributed by atoms with E-state index in [0.717, 1.165) is 5.56 Å². The summed E-state index contributed by atoms with van der Waals surface area (Å²) < 4.78 is 0. The van der Waals surface area contributed by atoms with E-state index >= 15 is 0 Å². The molecule has 19 heavy (non-hydrogen) atoms. The number of carbonyl (C=O) groups is 1. The van der Waals surface area contributed by atoms with E-state index in [0.29, 0.717) is 24.0 Å². The third kappa shape index (κ3) is 2.22. The topological polar surface area (TPSA) is 95.1 Å². The molecule has 2 heterocycles. The molecule has 3 rings (SSSR count). The van der Waals surface area contributed by atoms with Gasteiger partial charge in [-0.2, -0.15) is 0 Å². The van der Waals surface area contributed by atoms with E-state index in [4.69, 9.17) is 5.11 Å². The number of hydrogen-bond acceptors (Lipinski definition) is 4. The van der Waals surface area contributed by atoms with E-state index < -0.39 is 5.97 Å². The van der Waals surface area contributed by atoms with Gasteiger partial charge in [0.2, 0.25) is 0 Å². The molecule has 98 valence electrons. The zero-order valence-corrected chi connectivity index (χ0v) is 10.1. The van der Waals surface area contributed by atoms with Gasteiger partial charge >= 0.3 is 5.97 Å². The van der Waals surface area contributed by atoms with Crippen molar-refractivity contribution in [2.75, 3.05) is 6.54 Å². The van der Waals surface area contributed by atoms with E-state index in [1.807, 2.05) is 12.1 Å². The number of carboxylic acid groups (broad SMARTS) is 1. The summed E-state index contributed by atoms with van der Waals surface area (Å²) in [6, 6.07) is 5.60. The van der Waals surface area contributed by atoms with E-state index in [1.165, 1.54) is 6.20 Å². The summed E-state index contributed by atoms with van der Waals surface area (Å²) in [5, 5.41) is 12.2. The highest BCUT2D eigenvalue weighted by Gasteiger charge is 2.30. The highest BCUT2D eigenvalue weighted by molar-refractivity contribution is 5.75. The number of aliphatic carboxylic acids is 1. The maximum atomic E-state index is 11.1. The van der Waals surface area contributed by atoms with Crippen molar-refractivity contribution >= 4 is 17.0 Å². The lowest BCUT2D eigenvalue weighted by Crippen LogP contribution is -2.17. The summed E-state index contributed by atoms with van der Waals surface area (Å²) in [4.78, 5) is 28.9. The molecule has 0 saturated carbocycles. The number of H-pyrrole nitrogens is 1. The van der Waals surface area contributed by atoms with Crippen LogP contribution in [0.2, 0.25) is 0 Å². The minimum absolute atomic E-state index is 0.0271. The summed E-state index contributed by atoms with van der Waals surface area (Å²) in [5.74, 6) is -1.11. The second kappa shape index (κ2) is 4.47. The van der Waals surface area contributed by atoms with Gasteiger partial charge in [-0.05, 0) is 24.1 Å². The third-order valence-corrected chi connectivity index (χ3v) is 3.48. The molecule has 0 bridgehead atoms. The fraction of sp³-hybridized carbons (Fsp3) is 0.308. The van der Waals surface area contributed by atoms with Crippen molar-refractivity contribution in [1.29, 1.82) is 0 Å². The van der Waals surface area contributed by atoms with Crippen molar-refractivity contribution < 1.29 is 9.90 Å². The van der Waals surface area contributed by atoms with Gasteiger partial charge in [0.1, 0.15) is 0 Å². The lowest BCUT2D eigenvalue weighted by molar-refractivity contribution is -0.141. The Morgan fingerprint density at radius 1 is 1.42 bits per heavy atom. The average molecular weight is 259 g/mol. The molecule has 6 heteroatoms. The number of aromatic amines is 1. The van der Waals surface area contributed by atoms with Crippen LogP contribution >= 0.6 is 0 Å². The smallest absolute Gasteiger partial charge is 0.307 e. The molecule has 1 aromatic heterocycles. The van der Waals surface area contributed by atoms with Gasteiger partial charge in [-0.3, -0.25) is 9.59 Å². The van der Waals surface area contributed by atoms with Crippen molar-refractivity contribution in [3.63, 3.8) is 0 Å². The second-order valence-electron chi connectivity index (χ2n) is 4.76. The molecule has 2 aromatic rings. The number of rotatable bonds is 2. The van der Waals surface area contributed by atoms with Crippen LogP contribution in [0.1, 0.15) is 18.0 Å². The maximum absolute atomic E-state index is 11.1. The largest absolute Gasteiger partial charge is 0.481 e. The Kier molecular flexibility index (Phi) is 2.79. The number of aromatic nitrogens is 2. The van der Waals surface area contributed by atoms with Crippen molar-refractivity contribution in [2.45, 2.75) is 12.5 Å². The summed E-state index contributed by atoms with van der Waals surface area (Å²) >= 11 is 0. The molecule has 1 aromatic carbocycles. The SMILES string of the molecule is O=C(O)C1CNC(c2ccc3[nH]c(=O)cnc3c2)C1. The quantitative estimate of drug-likeness (QED) is 0.736. The second-order valence-corrected chi connectivity index (χ2v) is 4.76. The molecule has 0 amide bonds. The van der Waals surface area contributed by atoms with Crippen LogP contribution in [-0.4, -0.2) is 27.6 Å². The standard InChI is InChI=1S/C13H13N3O3/c17-12-6-15-11-3-7(1-2-9(11)16-12)10-4-8(5-14-10)13(18)19/h1-3,6,8,10,14H,4-5H2,(H,16,17)(H,18,19). The molecule has 0 aliphatic carbocycles. The van der Waals surface area contributed by atoms with Crippen molar-refractivity contribution in [3.8, 4) is 0 Å². The van der Waals surface area contributed by atoms with Crippen molar-refractivity contribution in [2.24, 2.45) is 5.92 Å². The number of nitrogens with zero attached hydrogens (tertiary/aromatic N) is 1. The van der Waals surface area contributed by atoms with Crippen LogP contribution in [0.4, 0.5) is 0 Å². The number of carboxylic acids is 1. The van der Waals surface area contributed by atoms with Crippen LogP contribution in [-0.2, 0) is 4.79 Å². The van der Waals surface area contributed by atoms with Gasteiger partial charge < -0.3 is 15.4 Å². The minimum Gasteiger partial charge on any atom is -0.481 e. The Hall–Kier alpha value is -2.21. The van der Waals surface area contributed by atoms with Gasteiger partial charge in [0.25, 0.3) is 5.56 Å². The predicted molar refractivity (Wildman–Crippen MR) is 68.9 cm³/mol. The molecular formula is C13H13N3O3. The van der Waals surface area contributed by atoms with Crippen molar-refractivity contribution in [1.82, 2.24) is 15.3 Å². The van der Waals surface area contributed by atoms with Crippen LogP contribution in [0.3, 0.4) is 0 Å². The summed E-state index contributed by atoms with van der Waals surface area (Å²) in [7, 11) is 0. The molecule has 1 saturated heterocycles. The highest BCUT2D eigenvalue weighted by atomic mass is 16.4. The Labute approximate surface area is 108 Å². The fourth-order valence-electron chi connectivity index (χ4n) is 2.45. The number of fused-ring (bicyclic) bond motifs is 1. The normalized spacial score (nSPS) is 22.7. The Morgan fingerprint density at radius 2 is 2.26 bits per heavy atom. The van der Waals surface area contributed by atoms with Crippen LogP contribution < -0.4 is 10.9 Å². The van der Waals surface area contributed by atoms with Gasteiger partial charge in [-0.1, -0.05) is 6.07 Å². The molecule has 2 unspecified atom stereocenters. The molecule has 6 nitrogen and oxygen atoms in total. The van der Waals surface area contributed by atoms with Gasteiger partial charge in [0.05, 0.1) is 23.1 Å². The van der Waals surface area contributed by atoms with E-state index in [-0.39, 0.29) is 17.5 Å². The van der Waals surface area contributed by atoms with Crippen LogP contribution in [0.25, 0.3) is 11.0 Å². The van der Waals surface area contributed by atoms with Crippen LogP contribution in [0.15, 0.2) is 29.2 Å². The highest BCUT2D eigenvalue weighted by Crippen LogP contribution is 2.28. The summed E-state index contributed by atoms with van der Waals surface area (Å²) in [5.41, 5.74) is 2.16. The molecule has 1 aliphatic heterocycles. The van der Waals surface area contributed by atoms with E-state index in [2.05, 4.69) is 15.3 Å². The van der Waals surface area contributed by atoms with Crippen molar-refractivity contribution in [3.05, 3.63) is 40.3 Å². The first kappa shape index (κ1) is 11.9. The lowest BCUT2D eigenvalue weighted by Gasteiger charge is -2.11. The van der Waals surface area contributed by atoms with Crippen LogP contribution in [0.5, 0.6) is 0 Å². The predicted octanol–water partition coefficient (Wildman–Crippen LogP) is 0.658. The van der Waals surface area contributed by atoms with Gasteiger partial charge in [-0.15, -0.1) is 0 Å². The lowest BCUT2D eigenvalue weighted by atomic mass is 10.00.